The molecule has 0 amide bonds. The van der Waals surface area contributed by atoms with Crippen molar-refractivity contribution in [3.8, 4) is 5.75 Å². The summed E-state index contributed by atoms with van der Waals surface area (Å²) in [7, 11) is 0. The predicted molar refractivity (Wildman–Crippen MR) is 85.4 cm³/mol. The number of aliphatic hydroxyl groups is 2. The summed E-state index contributed by atoms with van der Waals surface area (Å²) in [6.45, 7) is 1.83. The number of ether oxygens (including phenoxy) is 1. The van der Waals surface area contributed by atoms with Gasteiger partial charge in [-0.25, -0.2) is 0 Å². The SMILES string of the molecule is C[C@]12CC[C@@H]3c4ccc(OCO)cc4C(=O)C[C@H]3[C@@H]1CC[C@@H]2O. The first-order valence-corrected chi connectivity index (χ1v) is 8.63. The van der Waals surface area contributed by atoms with Gasteiger partial charge in [-0.15, -0.1) is 0 Å². The van der Waals surface area contributed by atoms with Crippen molar-refractivity contribution in [1.82, 2.24) is 0 Å². The molecule has 4 rings (SSSR count). The molecule has 124 valence electrons. The molecule has 2 saturated carbocycles. The van der Waals surface area contributed by atoms with Crippen molar-refractivity contribution in [3.05, 3.63) is 29.3 Å². The first-order chi connectivity index (χ1) is 11.0. The third kappa shape index (κ3) is 2.15. The Kier molecular flexibility index (Phi) is 3.50. The summed E-state index contributed by atoms with van der Waals surface area (Å²) in [5, 5.41) is 19.3. The number of benzene rings is 1. The van der Waals surface area contributed by atoms with Crippen LogP contribution in [-0.2, 0) is 0 Å². The van der Waals surface area contributed by atoms with Crippen LogP contribution in [0.4, 0.5) is 0 Å². The summed E-state index contributed by atoms with van der Waals surface area (Å²) in [6, 6.07) is 5.63. The normalized spacial score (nSPS) is 38.7. The summed E-state index contributed by atoms with van der Waals surface area (Å²) in [5.74, 6) is 1.94. The molecule has 5 atom stereocenters. The fourth-order valence-electron chi connectivity index (χ4n) is 5.52. The largest absolute Gasteiger partial charge is 0.468 e. The molecule has 4 nitrogen and oxygen atoms in total. The van der Waals surface area contributed by atoms with Gasteiger partial charge in [0.05, 0.1) is 6.10 Å². The average Bonchev–Trinajstić information content (AvgIpc) is 2.84. The molecule has 0 radical (unpaired) electrons. The predicted octanol–water partition coefficient (Wildman–Crippen LogP) is 2.87. The molecule has 0 aromatic heterocycles. The molecule has 3 aliphatic rings. The van der Waals surface area contributed by atoms with Crippen molar-refractivity contribution in [1.29, 1.82) is 0 Å². The Bertz CT molecular complexity index is 640. The van der Waals surface area contributed by atoms with E-state index in [-0.39, 0.29) is 24.1 Å². The van der Waals surface area contributed by atoms with Gasteiger partial charge in [-0.1, -0.05) is 13.0 Å². The highest BCUT2D eigenvalue weighted by atomic mass is 16.6. The lowest BCUT2D eigenvalue weighted by Gasteiger charge is -2.49. The molecule has 4 heteroatoms. The fraction of sp³-hybridized carbons (Fsp3) is 0.632. The quantitative estimate of drug-likeness (QED) is 0.823. The van der Waals surface area contributed by atoms with Crippen LogP contribution in [0.5, 0.6) is 5.75 Å². The zero-order chi connectivity index (χ0) is 16.2. The van der Waals surface area contributed by atoms with Gasteiger partial charge in [0.1, 0.15) is 5.75 Å². The molecule has 1 aromatic carbocycles. The van der Waals surface area contributed by atoms with Gasteiger partial charge >= 0.3 is 0 Å². The summed E-state index contributed by atoms with van der Waals surface area (Å²) < 4.78 is 5.13. The highest BCUT2D eigenvalue weighted by molar-refractivity contribution is 5.99. The van der Waals surface area contributed by atoms with E-state index >= 15 is 0 Å². The Morgan fingerprint density at radius 2 is 2.13 bits per heavy atom. The molecule has 0 unspecified atom stereocenters. The second-order valence-corrected chi connectivity index (χ2v) is 7.66. The number of ketones is 1. The third-order valence-electron chi connectivity index (χ3n) is 6.76. The zero-order valence-corrected chi connectivity index (χ0v) is 13.5. The number of rotatable bonds is 2. The minimum absolute atomic E-state index is 0.0150. The average molecular weight is 316 g/mol. The van der Waals surface area contributed by atoms with Gasteiger partial charge in [0.15, 0.2) is 12.6 Å². The zero-order valence-electron chi connectivity index (χ0n) is 13.5. The van der Waals surface area contributed by atoms with Crippen LogP contribution in [0, 0.1) is 17.3 Å². The smallest absolute Gasteiger partial charge is 0.186 e. The van der Waals surface area contributed by atoms with Crippen molar-refractivity contribution in [2.24, 2.45) is 17.3 Å². The highest BCUT2D eigenvalue weighted by Crippen LogP contribution is 2.60. The fourth-order valence-corrected chi connectivity index (χ4v) is 5.52. The number of carbonyl (C=O) groups excluding carboxylic acids is 1. The molecule has 0 bridgehead atoms. The van der Waals surface area contributed by atoms with Crippen molar-refractivity contribution < 1.29 is 19.7 Å². The first-order valence-electron chi connectivity index (χ1n) is 8.63. The Hall–Kier alpha value is -1.39. The lowest BCUT2D eigenvalue weighted by molar-refractivity contribution is -0.0208. The highest BCUT2D eigenvalue weighted by Gasteiger charge is 2.55. The van der Waals surface area contributed by atoms with E-state index in [1.54, 1.807) is 6.07 Å². The maximum absolute atomic E-state index is 12.7. The Labute approximate surface area is 136 Å². The van der Waals surface area contributed by atoms with Crippen LogP contribution in [-0.4, -0.2) is 28.9 Å². The van der Waals surface area contributed by atoms with Gasteiger partial charge in [-0.3, -0.25) is 4.79 Å². The van der Waals surface area contributed by atoms with E-state index in [0.29, 0.717) is 29.9 Å². The van der Waals surface area contributed by atoms with Crippen LogP contribution < -0.4 is 4.74 Å². The van der Waals surface area contributed by atoms with Crippen LogP contribution in [0.2, 0.25) is 0 Å². The van der Waals surface area contributed by atoms with Crippen LogP contribution in [0.25, 0.3) is 0 Å². The number of hydrogen-bond donors (Lipinski definition) is 2. The van der Waals surface area contributed by atoms with E-state index in [4.69, 9.17) is 9.84 Å². The third-order valence-corrected chi connectivity index (χ3v) is 6.76. The summed E-state index contributed by atoms with van der Waals surface area (Å²) >= 11 is 0. The number of carbonyl (C=O) groups is 1. The van der Waals surface area contributed by atoms with Gasteiger partial charge in [0, 0.05) is 12.0 Å². The number of aliphatic hydroxyl groups excluding tert-OH is 2. The second-order valence-electron chi connectivity index (χ2n) is 7.66. The Morgan fingerprint density at radius 3 is 2.91 bits per heavy atom. The molecular weight excluding hydrogens is 292 g/mol. The number of hydrogen-bond acceptors (Lipinski definition) is 4. The van der Waals surface area contributed by atoms with Crippen molar-refractivity contribution >= 4 is 5.78 Å². The van der Waals surface area contributed by atoms with Crippen molar-refractivity contribution in [2.45, 2.75) is 51.0 Å². The van der Waals surface area contributed by atoms with Crippen LogP contribution in [0.1, 0.15) is 60.9 Å². The van der Waals surface area contributed by atoms with E-state index in [2.05, 4.69) is 6.92 Å². The molecule has 2 fully saturated rings. The summed E-state index contributed by atoms with van der Waals surface area (Å²) in [4.78, 5) is 12.7. The van der Waals surface area contributed by atoms with Crippen molar-refractivity contribution in [3.63, 3.8) is 0 Å². The molecule has 0 heterocycles. The number of Topliss-reactive ketones (excluding diaryl/α,β-unsaturated/α-hetero) is 1. The van der Waals surface area contributed by atoms with Gasteiger partial charge in [0.25, 0.3) is 0 Å². The molecule has 0 spiro atoms. The van der Waals surface area contributed by atoms with Gasteiger partial charge in [0.2, 0.25) is 0 Å². The van der Waals surface area contributed by atoms with E-state index in [1.165, 1.54) is 0 Å². The minimum atomic E-state index is -0.378. The first kappa shape index (κ1) is 15.2. The van der Waals surface area contributed by atoms with E-state index < -0.39 is 0 Å². The van der Waals surface area contributed by atoms with E-state index in [9.17, 15) is 9.90 Å². The molecular formula is C19H24O4. The maximum Gasteiger partial charge on any atom is 0.186 e. The molecule has 3 aliphatic carbocycles. The van der Waals surface area contributed by atoms with Crippen molar-refractivity contribution in [2.75, 3.05) is 6.79 Å². The summed E-state index contributed by atoms with van der Waals surface area (Å²) in [5.41, 5.74) is 1.89. The van der Waals surface area contributed by atoms with Gasteiger partial charge in [-0.2, -0.15) is 0 Å². The standard InChI is InChI=1S/C19H24O4/c1-19-7-6-13-12-3-2-11(23-10-20)8-15(12)17(21)9-14(13)16(19)4-5-18(19)22/h2-3,8,13-14,16,18,20,22H,4-7,9-10H2,1H3/t13-,14-,16+,18+,19+/m1/s1. The van der Waals surface area contributed by atoms with E-state index in [1.807, 2.05) is 12.1 Å². The minimum Gasteiger partial charge on any atom is -0.468 e. The van der Waals surface area contributed by atoms with Crippen LogP contribution in [0.15, 0.2) is 18.2 Å². The summed E-state index contributed by atoms with van der Waals surface area (Å²) in [6.07, 6.45) is 4.33. The Balaban J connectivity index is 1.71. The lowest BCUT2D eigenvalue weighted by atomic mass is 9.55. The second kappa shape index (κ2) is 5.32. The molecule has 23 heavy (non-hydrogen) atoms. The van der Waals surface area contributed by atoms with Crippen LogP contribution in [0.3, 0.4) is 0 Å². The maximum atomic E-state index is 12.7. The van der Waals surface area contributed by atoms with E-state index in [0.717, 1.165) is 36.8 Å². The lowest BCUT2D eigenvalue weighted by Crippen LogP contribution is -2.44. The molecule has 0 saturated heterocycles. The molecule has 1 aromatic rings. The monoisotopic (exact) mass is 316 g/mol. The van der Waals surface area contributed by atoms with Crippen LogP contribution >= 0.6 is 0 Å². The van der Waals surface area contributed by atoms with Gasteiger partial charge < -0.3 is 14.9 Å². The number of fused-ring (bicyclic) bond motifs is 5. The Morgan fingerprint density at radius 1 is 1.30 bits per heavy atom. The molecule has 0 aliphatic heterocycles. The topological polar surface area (TPSA) is 66.8 Å². The molecule has 2 N–H and O–H groups in total. The van der Waals surface area contributed by atoms with Gasteiger partial charge in [-0.05, 0) is 66.5 Å².